The van der Waals surface area contributed by atoms with Crippen LogP contribution in [0.4, 0.5) is 0 Å². The van der Waals surface area contributed by atoms with Crippen LogP contribution in [0.5, 0.6) is 0 Å². The van der Waals surface area contributed by atoms with Crippen LogP contribution in [0.25, 0.3) is 0 Å². The largest absolute Gasteiger partial charge is 0.325 e. The third-order valence-corrected chi connectivity index (χ3v) is 4.05. The van der Waals surface area contributed by atoms with Crippen molar-refractivity contribution in [2.45, 2.75) is 40.0 Å². The summed E-state index contributed by atoms with van der Waals surface area (Å²) in [5.41, 5.74) is 1.66. The van der Waals surface area contributed by atoms with Crippen LogP contribution in [0.1, 0.15) is 49.6 Å². The molecule has 1 aromatic heterocycles. The van der Waals surface area contributed by atoms with Crippen LogP contribution in [0.2, 0.25) is 0 Å². The molecule has 0 bridgehead atoms. The van der Waals surface area contributed by atoms with Crippen molar-refractivity contribution in [3.8, 4) is 12.1 Å². The highest BCUT2D eigenvalue weighted by Crippen LogP contribution is 2.37. The van der Waals surface area contributed by atoms with E-state index >= 15 is 0 Å². The van der Waals surface area contributed by atoms with E-state index in [9.17, 15) is 10.1 Å². The predicted molar refractivity (Wildman–Crippen MR) is 71.5 cm³/mol. The zero-order valence-corrected chi connectivity index (χ0v) is 11.5. The summed E-state index contributed by atoms with van der Waals surface area (Å²) in [4.78, 5) is 14.6. The highest BCUT2D eigenvalue weighted by Gasteiger charge is 2.31. The summed E-state index contributed by atoms with van der Waals surface area (Å²) in [5.74, 6) is 0.482. The Balaban J connectivity index is 2.56. The molecule has 0 unspecified atom stereocenters. The van der Waals surface area contributed by atoms with Crippen LogP contribution in [-0.4, -0.2) is 4.98 Å². The summed E-state index contributed by atoms with van der Waals surface area (Å²) in [7, 11) is 0. The third-order valence-electron chi connectivity index (χ3n) is 4.05. The van der Waals surface area contributed by atoms with E-state index < -0.39 is 5.56 Å². The molecule has 0 aromatic carbocycles. The van der Waals surface area contributed by atoms with Crippen LogP contribution in [0, 0.1) is 34.0 Å². The number of H-pyrrole nitrogens is 1. The van der Waals surface area contributed by atoms with Crippen molar-refractivity contribution in [2.75, 3.05) is 0 Å². The molecule has 1 atom stereocenters. The highest BCUT2D eigenvalue weighted by molar-refractivity contribution is 5.51. The van der Waals surface area contributed by atoms with Gasteiger partial charge in [-0.1, -0.05) is 20.8 Å². The summed E-state index contributed by atoms with van der Waals surface area (Å²) in [6, 6.07) is 3.87. The lowest BCUT2D eigenvalue weighted by Gasteiger charge is -2.34. The van der Waals surface area contributed by atoms with E-state index in [1.807, 2.05) is 12.1 Å². The smallest absolute Gasteiger partial charge is 0.267 e. The minimum atomic E-state index is -0.438. The maximum Gasteiger partial charge on any atom is 0.267 e. The van der Waals surface area contributed by atoms with Crippen LogP contribution >= 0.6 is 0 Å². The first-order chi connectivity index (χ1) is 8.88. The maximum absolute atomic E-state index is 11.8. The fraction of sp³-hybridized carbons (Fsp3) is 0.533. The van der Waals surface area contributed by atoms with E-state index in [0.29, 0.717) is 5.92 Å². The monoisotopic (exact) mass is 255 g/mol. The quantitative estimate of drug-likeness (QED) is 0.772. The summed E-state index contributed by atoms with van der Waals surface area (Å²) in [6.45, 7) is 6.57. The Morgan fingerprint density at radius 1 is 1.21 bits per heavy atom. The molecule has 4 heteroatoms. The number of pyridine rings is 1. The average molecular weight is 255 g/mol. The van der Waals surface area contributed by atoms with Gasteiger partial charge in [0.2, 0.25) is 0 Å². The Morgan fingerprint density at radius 3 is 2.37 bits per heavy atom. The van der Waals surface area contributed by atoms with E-state index in [-0.39, 0.29) is 16.5 Å². The summed E-state index contributed by atoms with van der Waals surface area (Å²) in [6.07, 6.45) is 2.52. The van der Waals surface area contributed by atoms with Gasteiger partial charge in [-0.15, -0.1) is 0 Å². The van der Waals surface area contributed by atoms with Gasteiger partial charge in [-0.25, -0.2) is 0 Å². The van der Waals surface area contributed by atoms with Crippen molar-refractivity contribution in [1.29, 1.82) is 10.5 Å². The second kappa shape index (κ2) is 4.55. The predicted octanol–water partition coefficient (Wildman–Crippen LogP) is 2.27. The second-order valence-electron chi connectivity index (χ2n) is 6.19. The first-order valence-corrected chi connectivity index (χ1v) is 6.46. The standard InChI is InChI=1S/C15H17N3O/c1-15(2,3)9-4-5-10-11(7-16)12(8-17)14(19)18-13(10)6-9/h9H,4-6H2,1-3H3,(H,18,19)/t9-/m0/s1. The van der Waals surface area contributed by atoms with Gasteiger partial charge in [-0.2, -0.15) is 10.5 Å². The van der Waals surface area contributed by atoms with Gasteiger partial charge in [0.05, 0.1) is 5.56 Å². The molecule has 1 aliphatic rings. The number of rotatable bonds is 0. The average Bonchev–Trinajstić information content (AvgIpc) is 2.35. The van der Waals surface area contributed by atoms with Crippen molar-refractivity contribution in [1.82, 2.24) is 4.98 Å². The summed E-state index contributed by atoms with van der Waals surface area (Å²) in [5, 5.41) is 18.2. The molecule has 4 nitrogen and oxygen atoms in total. The van der Waals surface area contributed by atoms with Crippen LogP contribution in [-0.2, 0) is 12.8 Å². The van der Waals surface area contributed by atoms with Crippen molar-refractivity contribution in [3.63, 3.8) is 0 Å². The number of aromatic nitrogens is 1. The number of fused-ring (bicyclic) bond motifs is 1. The van der Waals surface area contributed by atoms with E-state index in [2.05, 4.69) is 25.8 Å². The highest BCUT2D eigenvalue weighted by atomic mass is 16.1. The minimum Gasteiger partial charge on any atom is -0.325 e. The first kappa shape index (κ1) is 13.4. The Hall–Kier alpha value is -2.07. The zero-order chi connectivity index (χ0) is 14.2. The van der Waals surface area contributed by atoms with Gasteiger partial charge in [0.15, 0.2) is 0 Å². The fourth-order valence-electron chi connectivity index (χ4n) is 2.78. The fourth-order valence-corrected chi connectivity index (χ4v) is 2.78. The molecular weight excluding hydrogens is 238 g/mol. The van der Waals surface area contributed by atoms with Crippen molar-refractivity contribution < 1.29 is 0 Å². The molecule has 1 aliphatic carbocycles. The molecule has 2 rings (SSSR count). The van der Waals surface area contributed by atoms with Gasteiger partial charge in [0, 0.05) is 5.69 Å². The van der Waals surface area contributed by atoms with Crippen molar-refractivity contribution in [3.05, 3.63) is 32.7 Å². The van der Waals surface area contributed by atoms with Crippen LogP contribution in [0.3, 0.4) is 0 Å². The Morgan fingerprint density at radius 2 is 1.84 bits per heavy atom. The number of nitrogens with one attached hydrogen (secondary N) is 1. The molecule has 0 saturated carbocycles. The zero-order valence-electron chi connectivity index (χ0n) is 11.5. The number of nitrogens with zero attached hydrogens (tertiary/aromatic N) is 2. The van der Waals surface area contributed by atoms with E-state index in [4.69, 9.17) is 5.26 Å². The summed E-state index contributed by atoms with van der Waals surface area (Å²) >= 11 is 0. The molecule has 0 amide bonds. The lowest BCUT2D eigenvalue weighted by Crippen LogP contribution is -2.30. The Bertz CT molecular complexity index is 650. The summed E-state index contributed by atoms with van der Waals surface area (Å²) < 4.78 is 0. The van der Waals surface area contributed by atoms with E-state index in [1.54, 1.807) is 0 Å². The molecule has 1 heterocycles. The van der Waals surface area contributed by atoms with Crippen molar-refractivity contribution >= 4 is 0 Å². The maximum atomic E-state index is 11.8. The number of hydrogen-bond acceptors (Lipinski definition) is 3. The SMILES string of the molecule is CC(C)(C)[C@H]1CCc2c([nH]c(=O)c(C#N)c2C#N)C1. The second-order valence-corrected chi connectivity index (χ2v) is 6.19. The Labute approximate surface area is 112 Å². The number of nitriles is 2. The lowest BCUT2D eigenvalue weighted by molar-refractivity contribution is 0.213. The van der Waals surface area contributed by atoms with Gasteiger partial charge in [0.1, 0.15) is 17.7 Å². The van der Waals surface area contributed by atoms with Crippen LogP contribution in [0.15, 0.2) is 4.79 Å². The van der Waals surface area contributed by atoms with E-state index in [0.717, 1.165) is 30.5 Å². The van der Waals surface area contributed by atoms with Gasteiger partial charge < -0.3 is 4.98 Å². The topological polar surface area (TPSA) is 80.4 Å². The molecule has 0 fully saturated rings. The number of aromatic amines is 1. The third kappa shape index (κ3) is 2.27. The Kier molecular flexibility index (Phi) is 3.20. The minimum absolute atomic E-state index is 0.0459. The molecule has 1 aromatic rings. The van der Waals surface area contributed by atoms with Gasteiger partial charge in [0.25, 0.3) is 5.56 Å². The molecule has 0 aliphatic heterocycles. The van der Waals surface area contributed by atoms with Crippen LogP contribution < -0.4 is 5.56 Å². The number of hydrogen-bond donors (Lipinski definition) is 1. The van der Waals surface area contributed by atoms with Gasteiger partial charge >= 0.3 is 0 Å². The van der Waals surface area contributed by atoms with Gasteiger partial charge in [-0.3, -0.25) is 4.79 Å². The molecular formula is C15H17N3O. The van der Waals surface area contributed by atoms with Crippen molar-refractivity contribution in [2.24, 2.45) is 11.3 Å². The lowest BCUT2D eigenvalue weighted by atomic mass is 9.71. The van der Waals surface area contributed by atoms with Gasteiger partial charge in [-0.05, 0) is 36.2 Å². The molecule has 19 heavy (non-hydrogen) atoms. The molecule has 0 saturated heterocycles. The molecule has 98 valence electrons. The molecule has 1 N–H and O–H groups in total. The molecule has 0 radical (unpaired) electrons. The van der Waals surface area contributed by atoms with E-state index in [1.165, 1.54) is 0 Å². The molecule has 0 spiro atoms. The first-order valence-electron chi connectivity index (χ1n) is 6.46. The normalized spacial score (nSPS) is 18.3.